The second kappa shape index (κ2) is 8.11. The number of carbonyl (C=O) groups excluding carboxylic acids is 1. The molecular weight excluding hydrogens is 260 g/mol. The summed E-state index contributed by atoms with van der Waals surface area (Å²) in [6.07, 6.45) is 6.69. The van der Waals surface area contributed by atoms with Crippen molar-refractivity contribution in [2.24, 2.45) is 11.8 Å². The second-order valence-corrected chi connectivity index (χ2v) is 6.18. The van der Waals surface area contributed by atoms with Crippen LogP contribution >= 0.6 is 12.4 Å². The smallest absolute Gasteiger partial charge is 0.222 e. The van der Waals surface area contributed by atoms with Gasteiger partial charge in [0, 0.05) is 19.0 Å². The van der Waals surface area contributed by atoms with Crippen LogP contribution in [0, 0.1) is 11.8 Å². The molecule has 4 heteroatoms. The molecule has 19 heavy (non-hydrogen) atoms. The van der Waals surface area contributed by atoms with E-state index in [-0.39, 0.29) is 12.4 Å². The molecule has 2 heterocycles. The van der Waals surface area contributed by atoms with E-state index in [4.69, 9.17) is 0 Å². The zero-order chi connectivity index (χ0) is 13.0. The van der Waals surface area contributed by atoms with Crippen LogP contribution in [0.1, 0.15) is 52.4 Å². The fourth-order valence-electron chi connectivity index (χ4n) is 3.49. The molecule has 112 valence electrons. The number of amides is 1. The number of nitrogens with zero attached hydrogens (tertiary/aromatic N) is 1. The Kier molecular flexibility index (Phi) is 7.16. The molecule has 2 unspecified atom stereocenters. The molecule has 0 aromatic rings. The van der Waals surface area contributed by atoms with Gasteiger partial charge in [0.1, 0.15) is 0 Å². The number of halogens is 1. The fourth-order valence-corrected chi connectivity index (χ4v) is 3.49. The molecule has 0 radical (unpaired) electrons. The second-order valence-electron chi connectivity index (χ2n) is 6.18. The van der Waals surface area contributed by atoms with Crippen LogP contribution in [0.5, 0.6) is 0 Å². The van der Waals surface area contributed by atoms with Gasteiger partial charge in [-0.25, -0.2) is 0 Å². The maximum absolute atomic E-state index is 12.3. The Morgan fingerprint density at radius 3 is 2.63 bits per heavy atom. The zero-order valence-corrected chi connectivity index (χ0v) is 13.2. The number of nitrogens with one attached hydrogen (secondary N) is 1. The molecule has 1 N–H and O–H groups in total. The Labute approximate surface area is 123 Å². The topological polar surface area (TPSA) is 32.3 Å². The van der Waals surface area contributed by atoms with Gasteiger partial charge in [-0.05, 0) is 57.0 Å². The molecule has 2 aliphatic heterocycles. The summed E-state index contributed by atoms with van der Waals surface area (Å²) in [5, 5.41) is 3.38. The molecular formula is C15H29ClN2O. The summed E-state index contributed by atoms with van der Waals surface area (Å²) >= 11 is 0. The molecule has 0 bridgehead atoms. The SMILES string of the molecule is CCC1CC(C)CN1C(=O)CCC1CCNCC1.Cl. The van der Waals surface area contributed by atoms with Gasteiger partial charge in [-0.3, -0.25) is 4.79 Å². The Bertz CT molecular complexity index is 279. The van der Waals surface area contributed by atoms with E-state index in [1.54, 1.807) is 0 Å². The van der Waals surface area contributed by atoms with E-state index in [1.165, 1.54) is 19.3 Å². The van der Waals surface area contributed by atoms with E-state index in [0.29, 0.717) is 17.9 Å². The summed E-state index contributed by atoms with van der Waals surface area (Å²) < 4.78 is 0. The highest BCUT2D eigenvalue weighted by atomic mass is 35.5. The number of piperidine rings is 1. The summed E-state index contributed by atoms with van der Waals surface area (Å²) in [5.74, 6) is 1.87. The normalized spacial score (nSPS) is 28.2. The lowest BCUT2D eigenvalue weighted by atomic mass is 9.93. The van der Waals surface area contributed by atoms with Crippen molar-refractivity contribution in [2.45, 2.75) is 58.4 Å². The lowest BCUT2D eigenvalue weighted by Gasteiger charge is -2.26. The molecule has 0 aromatic carbocycles. The largest absolute Gasteiger partial charge is 0.339 e. The van der Waals surface area contributed by atoms with Crippen LogP contribution in [0.4, 0.5) is 0 Å². The van der Waals surface area contributed by atoms with Crippen molar-refractivity contribution >= 4 is 18.3 Å². The van der Waals surface area contributed by atoms with Crippen molar-refractivity contribution in [1.82, 2.24) is 10.2 Å². The molecule has 2 aliphatic rings. The first-order chi connectivity index (χ1) is 8.70. The Morgan fingerprint density at radius 1 is 1.32 bits per heavy atom. The van der Waals surface area contributed by atoms with Gasteiger partial charge in [-0.15, -0.1) is 12.4 Å². The van der Waals surface area contributed by atoms with Crippen LogP contribution in [-0.4, -0.2) is 36.5 Å². The Balaban J connectivity index is 0.00000180. The van der Waals surface area contributed by atoms with Crippen molar-refractivity contribution in [2.75, 3.05) is 19.6 Å². The van der Waals surface area contributed by atoms with Gasteiger partial charge in [0.05, 0.1) is 0 Å². The minimum atomic E-state index is 0. The van der Waals surface area contributed by atoms with Gasteiger partial charge in [0.2, 0.25) is 5.91 Å². The minimum Gasteiger partial charge on any atom is -0.339 e. The number of rotatable bonds is 4. The molecule has 0 aromatic heterocycles. The molecule has 2 rings (SSSR count). The lowest BCUT2D eigenvalue weighted by Crippen LogP contribution is -2.36. The van der Waals surface area contributed by atoms with Gasteiger partial charge in [-0.1, -0.05) is 13.8 Å². The highest BCUT2D eigenvalue weighted by molar-refractivity contribution is 5.85. The predicted octanol–water partition coefficient (Wildman–Crippen LogP) is 2.84. The first-order valence-electron chi connectivity index (χ1n) is 7.71. The average Bonchev–Trinajstić information content (AvgIpc) is 2.78. The molecule has 1 amide bonds. The monoisotopic (exact) mass is 288 g/mol. The van der Waals surface area contributed by atoms with Crippen LogP contribution in [-0.2, 0) is 4.79 Å². The number of hydrogen-bond donors (Lipinski definition) is 1. The van der Waals surface area contributed by atoms with Crippen molar-refractivity contribution in [3.05, 3.63) is 0 Å². The quantitative estimate of drug-likeness (QED) is 0.863. The molecule has 0 saturated carbocycles. The van der Waals surface area contributed by atoms with Crippen molar-refractivity contribution in [3.63, 3.8) is 0 Å². The third-order valence-electron chi connectivity index (χ3n) is 4.64. The van der Waals surface area contributed by atoms with Gasteiger partial charge in [0.25, 0.3) is 0 Å². The van der Waals surface area contributed by atoms with Crippen molar-refractivity contribution in [3.8, 4) is 0 Å². The van der Waals surface area contributed by atoms with Gasteiger partial charge in [-0.2, -0.15) is 0 Å². The van der Waals surface area contributed by atoms with E-state index < -0.39 is 0 Å². The third-order valence-corrected chi connectivity index (χ3v) is 4.64. The van der Waals surface area contributed by atoms with Gasteiger partial charge >= 0.3 is 0 Å². The Hall–Kier alpha value is -0.280. The standard InChI is InChI=1S/C15H28N2O.ClH/c1-3-14-10-12(2)11-17(14)15(18)5-4-13-6-8-16-9-7-13;/h12-14,16H,3-11H2,1-2H3;1H. The highest BCUT2D eigenvalue weighted by Gasteiger charge is 2.31. The van der Waals surface area contributed by atoms with Crippen LogP contribution in [0.25, 0.3) is 0 Å². The van der Waals surface area contributed by atoms with Crippen LogP contribution in [0.2, 0.25) is 0 Å². The fraction of sp³-hybridized carbons (Fsp3) is 0.933. The maximum atomic E-state index is 12.3. The zero-order valence-electron chi connectivity index (χ0n) is 12.4. The van der Waals surface area contributed by atoms with Crippen molar-refractivity contribution < 1.29 is 4.79 Å². The molecule has 3 nitrogen and oxygen atoms in total. The van der Waals surface area contributed by atoms with E-state index in [9.17, 15) is 4.79 Å². The summed E-state index contributed by atoms with van der Waals surface area (Å²) in [4.78, 5) is 14.5. The first-order valence-corrected chi connectivity index (χ1v) is 7.71. The predicted molar refractivity (Wildman–Crippen MR) is 81.6 cm³/mol. The third kappa shape index (κ3) is 4.64. The van der Waals surface area contributed by atoms with Crippen molar-refractivity contribution in [1.29, 1.82) is 0 Å². The van der Waals surface area contributed by atoms with E-state index in [2.05, 4.69) is 24.1 Å². The first kappa shape index (κ1) is 16.8. The van der Waals surface area contributed by atoms with E-state index in [1.807, 2.05) is 0 Å². The number of likely N-dealkylation sites (tertiary alicyclic amines) is 1. The Morgan fingerprint density at radius 2 is 2.00 bits per heavy atom. The van der Waals surface area contributed by atoms with E-state index in [0.717, 1.165) is 44.8 Å². The van der Waals surface area contributed by atoms with Crippen LogP contribution in [0.15, 0.2) is 0 Å². The molecule has 2 fully saturated rings. The minimum absolute atomic E-state index is 0. The molecule has 2 atom stereocenters. The molecule has 0 spiro atoms. The van der Waals surface area contributed by atoms with Gasteiger partial charge in [0.15, 0.2) is 0 Å². The van der Waals surface area contributed by atoms with E-state index >= 15 is 0 Å². The molecule has 2 saturated heterocycles. The molecule has 0 aliphatic carbocycles. The average molecular weight is 289 g/mol. The summed E-state index contributed by atoms with van der Waals surface area (Å²) in [5.41, 5.74) is 0. The maximum Gasteiger partial charge on any atom is 0.222 e. The summed E-state index contributed by atoms with van der Waals surface area (Å²) in [6, 6.07) is 0.514. The number of carbonyl (C=O) groups is 1. The summed E-state index contributed by atoms with van der Waals surface area (Å²) in [6.45, 7) is 7.73. The van der Waals surface area contributed by atoms with Crippen LogP contribution < -0.4 is 5.32 Å². The highest BCUT2D eigenvalue weighted by Crippen LogP contribution is 2.27. The van der Waals surface area contributed by atoms with Crippen LogP contribution in [0.3, 0.4) is 0 Å². The number of hydrogen-bond acceptors (Lipinski definition) is 2. The van der Waals surface area contributed by atoms with Gasteiger partial charge < -0.3 is 10.2 Å². The lowest BCUT2D eigenvalue weighted by molar-refractivity contribution is -0.132. The summed E-state index contributed by atoms with van der Waals surface area (Å²) in [7, 11) is 0.